The highest BCUT2D eigenvalue weighted by molar-refractivity contribution is 5.93. The third-order valence-electron chi connectivity index (χ3n) is 2.99. The van der Waals surface area contributed by atoms with Gasteiger partial charge >= 0.3 is 0 Å². The van der Waals surface area contributed by atoms with Crippen molar-refractivity contribution in [1.82, 2.24) is 5.32 Å². The maximum absolute atomic E-state index is 12.0. The van der Waals surface area contributed by atoms with Gasteiger partial charge in [0.2, 0.25) is 5.91 Å². The molecule has 0 aliphatic heterocycles. The minimum absolute atomic E-state index is 0.0230. The van der Waals surface area contributed by atoms with E-state index in [0.717, 1.165) is 12.2 Å². The van der Waals surface area contributed by atoms with Gasteiger partial charge in [-0.3, -0.25) is 4.79 Å². The predicted octanol–water partition coefficient (Wildman–Crippen LogP) is 2.99. The SMILES string of the molecule is CCNCC(C)C(=O)Nc1ccccc1C(C)C. The van der Waals surface area contributed by atoms with E-state index in [9.17, 15) is 4.79 Å². The first-order valence-corrected chi connectivity index (χ1v) is 6.66. The number of carbonyl (C=O) groups excluding carboxylic acids is 1. The first-order chi connectivity index (χ1) is 8.56. The molecule has 1 unspecified atom stereocenters. The Morgan fingerprint density at radius 3 is 2.50 bits per heavy atom. The van der Waals surface area contributed by atoms with Crippen molar-refractivity contribution in [2.45, 2.75) is 33.6 Å². The fraction of sp³-hybridized carbons (Fsp3) is 0.533. The van der Waals surface area contributed by atoms with E-state index < -0.39 is 0 Å². The van der Waals surface area contributed by atoms with Gasteiger partial charge in [-0.25, -0.2) is 0 Å². The maximum atomic E-state index is 12.0. The summed E-state index contributed by atoms with van der Waals surface area (Å²) in [7, 11) is 0. The number of hydrogen-bond acceptors (Lipinski definition) is 2. The average Bonchev–Trinajstić information content (AvgIpc) is 2.36. The van der Waals surface area contributed by atoms with Gasteiger partial charge in [0.15, 0.2) is 0 Å². The third-order valence-corrected chi connectivity index (χ3v) is 2.99. The van der Waals surface area contributed by atoms with Crippen LogP contribution in [0.3, 0.4) is 0 Å². The first-order valence-electron chi connectivity index (χ1n) is 6.66. The van der Waals surface area contributed by atoms with Crippen molar-refractivity contribution < 1.29 is 4.79 Å². The number of nitrogens with one attached hydrogen (secondary N) is 2. The van der Waals surface area contributed by atoms with Gasteiger partial charge in [-0.05, 0) is 24.1 Å². The Morgan fingerprint density at radius 2 is 1.89 bits per heavy atom. The van der Waals surface area contributed by atoms with Crippen LogP contribution in [0, 0.1) is 5.92 Å². The largest absolute Gasteiger partial charge is 0.326 e. The summed E-state index contributed by atoms with van der Waals surface area (Å²) in [5, 5.41) is 6.21. The van der Waals surface area contributed by atoms with Gasteiger partial charge in [0.25, 0.3) is 0 Å². The van der Waals surface area contributed by atoms with E-state index in [0.29, 0.717) is 12.5 Å². The van der Waals surface area contributed by atoms with Crippen LogP contribution in [-0.4, -0.2) is 19.0 Å². The zero-order valence-electron chi connectivity index (χ0n) is 11.8. The fourth-order valence-electron chi connectivity index (χ4n) is 1.82. The Kier molecular flexibility index (Phi) is 5.86. The molecule has 0 aliphatic rings. The Balaban J connectivity index is 2.69. The summed E-state index contributed by atoms with van der Waals surface area (Å²) in [5.74, 6) is 0.458. The molecule has 0 aromatic heterocycles. The summed E-state index contributed by atoms with van der Waals surface area (Å²) in [6.45, 7) is 9.85. The van der Waals surface area contributed by atoms with Gasteiger partial charge in [0.05, 0.1) is 0 Å². The van der Waals surface area contributed by atoms with Crippen molar-refractivity contribution in [1.29, 1.82) is 0 Å². The molecule has 18 heavy (non-hydrogen) atoms. The van der Waals surface area contributed by atoms with Crippen molar-refractivity contribution in [3.8, 4) is 0 Å². The minimum atomic E-state index is -0.0230. The molecule has 0 spiro atoms. The van der Waals surface area contributed by atoms with E-state index in [1.807, 2.05) is 32.0 Å². The second kappa shape index (κ2) is 7.17. The monoisotopic (exact) mass is 248 g/mol. The normalized spacial score (nSPS) is 12.5. The molecule has 1 rings (SSSR count). The Bertz CT molecular complexity index is 388. The van der Waals surface area contributed by atoms with E-state index in [1.165, 1.54) is 5.56 Å². The van der Waals surface area contributed by atoms with E-state index in [-0.39, 0.29) is 11.8 Å². The molecular formula is C15H24N2O. The molecule has 0 saturated carbocycles. The first kappa shape index (κ1) is 14.7. The lowest BCUT2D eigenvalue weighted by Crippen LogP contribution is -2.30. The van der Waals surface area contributed by atoms with E-state index >= 15 is 0 Å². The van der Waals surface area contributed by atoms with Crippen molar-refractivity contribution in [3.05, 3.63) is 29.8 Å². The molecular weight excluding hydrogens is 224 g/mol. The molecule has 100 valence electrons. The number of benzene rings is 1. The highest BCUT2D eigenvalue weighted by Gasteiger charge is 2.14. The Morgan fingerprint density at radius 1 is 1.22 bits per heavy atom. The van der Waals surface area contributed by atoms with E-state index in [1.54, 1.807) is 0 Å². The van der Waals surface area contributed by atoms with Crippen LogP contribution >= 0.6 is 0 Å². The molecule has 1 aromatic carbocycles. The third kappa shape index (κ3) is 4.15. The van der Waals surface area contributed by atoms with E-state index in [2.05, 4.69) is 30.5 Å². The van der Waals surface area contributed by atoms with Crippen LogP contribution in [0.5, 0.6) is 0 Å². The van der Waals surface area contributed by atoms with Gasteiger partial charge in [-0.2, -0.15) is 0 Å². The van der Waals surface area contributed by atoms with Gasteiger partial charge in [0, 0.05) is 18.2 Å². The molecule has 0 saturated heterocycles. The predicted molar refractivity (Wildman–Crippen MR) is 76.9 cm³/mol. The average molecular weight is 248 g/mol. The smallest absolute Gasteiger partial charge is 0.228 e. The molecule has 3 heteroatoms. The Hall–Kier alpha value is -1.35. The summed E-state index contributed by atoms with van der Waals surface area (Å²) in [6.07, 6.45) is 0. The lowest BCUT2D eigenvalue weighted by molar-refractivity contribution is -0.119. The minimum Gasteiger partial charge on any atom is -0.326 e. The molecule has 1 atom stereocenters. The van der Waals surface area contributed by atoms with Gasteiger partial charge < -0.3 is 10.6 Å². The van der Waals surface area contributed by atoms with Crippen LogP contribution in [0.15, 0.2) is 24.3 Å². The van der Waals surface area contributed by atoms with Crippen LogP contribution in [0.2, 0.25) is 0 Å². The summed E-state index contributed by atoms with van der Waals surface area (Å²) >= 11 is 0. The number of anilines is 1. The summed E-state index contributed by atoms with van der Waals surface area (Å²) in [5.41, 5.74) is 2.11. The molecule has 0 heterocycles. The topological polar surface area (TPSA) is 41.1 Å². The molecule has 1 aromatic rings. The van der Waals surface area contributed by atoms with Gasteiger partial charge in [0.1, 0.15) is 0 Å². The molecule has 3 nitrogen and oxygen atoms in total. The van der Waals surface area contributed by atoms with Crippen LogP contribution < -0.4 is 10.6 Å². The summed E-state index contributed by atoms with van der Waals surface area (Å²) in [4.78, 5) is 12.0. The van der Waals surface area contributed by atoms with Gasteiger partial charge in [-0.1, -0.05) is 45.9 Å². The second-order valence-electron chi connectivity index (χ2n) is 4.94. The second-order valence-corrected chi connectivity index (χ2v) is 4.94. The number of hydrogen-bond donors (Lipinski definition) is 2. The lowest BCUT2D eigenvalue weighted by Gasteiger charge is -2.16. The van der Waals surface area contributed by atoms with Crippen molar-refractivity contribution in [2.24, 2.45) is 5.92 Å². The van der Waals surface area contributed by atoms with Crippen LogP contribution in [0.25, 0.3) is 0 Å². The zero-order chi connectivity index (χ0) is 13.5. The quantitative estimate of drug-likeness (QED) is 0.812. The molecule has 2 N–H and O–H groups in total. The number of rotatable bonds is 6. The van der Waals surface area contributed by atoms with Gasteiger partial charge in [-0.15, -0.1) is 0 Å². The number of amides is 1. The number of carbonyl (C=O) groups is 1. The number of para-hydroxylation sites is 1. The fourth-order valence-corrected chi connectivity index (χ4v) is 1.82. The van der Waals surface area contributed by atoms with Crippen molar-refractivity contribution in [2.75, 3.05) is 18.4 Å². The van der Waals surface area contributed by atoms with Crippen LogP contribution in [0.4, 0.5) is 5.69 Å². The molecule has 0 fully saturated rings. The van der Waals surface area contributed by atoms with E-state index in [4.69, 9.17) is 0 Å². The molecule has 0 aliphatic carbocycles. The van der Waals surface area contributed by atoms with Crippen molar-refractivity contribution >= 4 is 11.6 Å². The Labute approximate surface area is 110 Å². The zero-order valence-corrected chi connectivity index (χ0v) is 11.8. The standard InChI is InChI=1S/C15H24N2O/c1-5-16-10-12(4)15(18)17-14-9-7-6-8-13(14)11(2)3/h6-9,11-12,16H,5,10H2,1-4H3,(H,17,18). The molecule has 1 amide bonds. The molecule has 0 radical (unpaired) electrons. The molecule has 0 bridgehead atoms. The highest BCUT2D eigenvalue weighted by Crippen LogP contribution is 2.23. The summed E-state index contributed by atoms with van der Waals surface area (Å²) in [6, 6.07) is 7.99. The van der Waals surface area contributed by atoms with Crippen molar-refractivity contribution in [3.63, 3.8) is 0 Å². The lowest BCUT2D eigenvalue weighted by atomic mass is 10.0. The summed E-state index contributed by atoms with van der Waals surface area (Å²) < 4.78 is 0. The van der Waals surface area contributed by atoms with Crippen LogP contribution in [0.1, 0.15) is 39.2 Å². The highest BCUT2D eigenvalue weighted by atomic mass is 16.1. The maximum Gasteiger partial charge on any atom is 0.228 e. The van der Waals surface area contributed by atoms with Crippen LogP contribution in [-0.2, 0) is 4.79 Å².